The molecule has 31 heavy (non-hydrogen) atoms. The second-order valence-electron chi connectivity index (χ2n) is 6.76. The van der Waals surface area contributed by atoms with Gasteiger partial charge in [-0.3, -0.25) is 18.4 Å². The van der Waals surface area contributed by atoms with Crippen molar-refractivity contribution in [1.29, 1.82) is 0 Å². The third-order valence-corrected chi connectivity index (χ3v) is 8.34. The number of hydrogen-bond donors (Lipinski definition) is 0. The summed E-state index contributed by atoms with van der Waals surface area (Å²) in [5, 5.41) is 2.29. The second-order valence-corrected chi connectivity index (χ2v) is 11.1. The number of benzene rings is 2. The quantitative estimate of drug-likeness (QED) is 0.132. The Bertz CT molecular complexity index is 881. The molecule has 0 amide bonds. The van der Waals surface area contributed by atoms with E-state index in [-0.39, 0.29) is 31.7 Å². The van der Waals surface area contributed by atoms with Gasteiger partial charge in [0.2, 0.25) is 0 Å². The lowest BCUT2D eigenvalue weighted by molar-refractivity contribution is -0.144. The Morgan fingerprint density at radius 1 is 0.935 bits per heavy atom. The van der Waals surface area contributed by atoms with E-state index in [1.165, 1.54) is 10.9 Å². The topological polar surface area (TPSA) is 71.1 Å². The van der Waals surface area contributed by atoms with Crippen LogP contribution in [0.4, 0.5) is 0 Å². The van der Waals surface area contributed by atoms with Crippen LogP contribution in [0.1, 0.15) is 37.8 Å². The monoisotopic (exact) mass is 486 g/mol. The minimum Gasteiger partial charge on any atom is -0.464 e. The third-order valence-electron chi connectivity index (χ3n) is 4.36. The summed E-state index contributed by atoms with van der Waals surface area (Å²) in [5.41, 5.74) is 2.17. The van der Waals surface area contributed by atoms with E-state index >= 15 is 0 Å². The van der Waals surface area contributed by atoms with Gasteiger partial charge in [0.1, 0.15) is 6.61 Å². The van der Waals surface area contributed by atoms with Gasteiger partial charge in [0, 0.05) is 11.5 Å². The lowest BCUT2D eigenvalue weighted by atomic mass is 9.97. The molecule has 6 nitrogen and oxygen atoms in total. The summed E-state index contributed by atoms with van der Waals surface area (Å²) in [7, 11) is -0.316. The highest BCUT2D eigenvalue weighted by atomic mass is 33.1. The SMILES string of the molecule is CCOP(=O)(OCC)OCCSSCCOC(=O)[C@@H](C)c1ccc2cc(C)ccc2c1. The molecule has 0 N–H and O–H groups in total. The molecule has 0 aromatic heterocycles. The highest BCUT2D eigenvalue weighted by Crippen LogP contribution is 2.49. The van der Waals surface area contributed by atoms with Crippen molar-refractivity contribution < 1.29 is 27.7 Å². The number of aryl methyl sites for hydroxylation is 1. The molecule has 2 rings (SSSR count). The Kier molecular flexibility index (Phi) is 11.4. The standard InChI is InChI=1S/C22H31O6PS2/c1-5-26-29(24,27-6-2)28-12-14-31-30-13-11-25-22(23)18(4)19-9-10-20-15-17(3)7-8-21(20)16-19/h7-10,15-16,18H,5-6,11-14H2,1-4H3/t18-/m0/s1. The van der Waals surface area contributed by atoms with Crippen molar-refractivity contribution in [3.8, 4) is 0 Å². The molecule has 0 unspecified atom stereocenters. The molecule has 0 aliphatic rings. The van der Waals surface area contributed by atoms with Gasteiger partial charge < -0.3 is 4.74 Å². The normalized spacial score (nSPS) is 12.8. The average Bonchev–Trinajstić information content (AvgIpc) is 2.74. The van der Waals surface area contributed by atoms with Crippen molar-refractivity contribution >= 4 is 46.2 Å². The molecule has 0 spiro atoms. The zero-order valence-electron chi connectivity index (χ0n) is 18.5. The molecule has 2 aromatic rings. The fourth-order valence-electron chi connectivity index (χ4n) is 2.82. The van der Waals surface area contributed by atoms with Gasteiger partial charge in [-0.05, 0) is 44.0 Å². The number of hydrogen-bond acceptors (Lipinski definition) is 8. The smallest absolute Gasteiger partial charge is 0.464 e. The maximum Gasteiger partial charge on any atom is 0.474 e. The molecule has 0 heterocycles. The predicted molar refractivity (Wildman–Crippen MR) is 130 cm³/mol. The lowest BCUT2D eigenvalue weighted by Gasteiger charge is -2.16. The van der Waals surface area contributed by atoms with E-state index in [4.69, 9.17) is 18.3 Å². The van der Waals surface area contributed by atoms with Crippen LogP contribution in [0.15, 0.2) is 36.4 Å². The van der Waals surface area contributed by atoms with Gasteiger partial charge in [-0.2, -0.15) is 0 Å². The summed E-state index contributed by atoms with van der Waals surface area (Å²) in [6.07, 6.45) is 0. The van der Waals surface area contributed by atoms with Crippen LogP contribution in [0.2, 0.25) is 0 Å². The zero-order valence-corrected chi connectivity index (χ0v) is 21.0. The Morgan fingerprint density at radius 3 is 2.23 bits per heavy atom. The maximum atomic E-state index is 12.4. The Balaban J connectivity index is 1.65. The van der Waals surface area contributed by atoms with Gasteiger partial charge >= 0.3 is 13.8 Å². The largest absolute Gasteiger partial charge is 0.474 e. The van der Waals surface area contributed by atoms with Crippen LogP contribution in [0.3, 0.4) is 0 Å². The number of phosphoric ester groups is 1. The van der Waals surface area contributed by atoms with Crippen molar-refractivity contribution in [2.24, 2.45) is 0 Å². The van der Waals surface area contributed by atoms with E-state index in [1.54, 1.807) is 35.4 Å². The molecule has 2 aromatic carbocycles. The Morgan fingerprint density at radius 2 is 1.55 bits per heavy atom. The first-order valence-electron chi connectivity index (χ1n) is 10.3. The number of carbonyl (C=O) groups excluding carboxylic acids is 1. The maximum absolute atomic E-state index is 12.4. The van der Waals surface area contributed by atoms with Crippen LogP contribution in [0.5, 0.6) is 0 Å². The predicted octanol–water partition coefficient (Wildman–Crippen LogP) is 6.37. The van der Waals surface area contributed by atoms with E-state index in [0.29, 0.717) is 18.1 Å². The fourth-order valence-corrected chi connectivity index (χ4v) is 5.77. The van der Waals surface area contributed by atoms with Crippen LogP contribution in [0, 0.1) is 6.92 Å². The Labute approximate surface area is 192 Å². The summed E-state index contributed by atoms with van der Waals surface area (Å²) in [5.74, 6) is 0.738. The fraction of sp³-hybridized carbons (Fsp3) is 0.500. The van der Waals surface area contributed by atoms with Gasteiger partial charge in [0.25, 0.3) is 0 Å². The number of carbonyl (C=O) groups is 1. The van der Waals surface area contributed by atoms with Gasteiger partial charge in [0.05, 0.1) is 25.7 Å². The summed E-state index contributed by atoms with van der Waals surface area (Å²) < 4.78 is 33.0. The van der Waals surface area contributed by atoms with Crippen LogP contribution in [0.25, 0.3) is 10.8 Å². The van der Waals surface area contributed by atoms with Gasteiger partial charge in [-0.25, -0.2) is 4.57 Å². The summed E-state index contributed by atoms with van der Waals surface area (Å²) in [6.45, 7) is 8.54. The molecular weight excluding hydrogens is 455 g/mol. The average molecular weight is 487 g/mol. The van der Waals surface area contributed by atoms with Crippen LogP contribution < -0.4 is 0 Å². The summed E-state index contributed by atoms with van der Waals surface area (Å²) >= 11 is 0. The molecule has 1 atom stereocenters. The third kappa shape index (κ3) is 8.79. The van der Waals surface area contributed by atoms with Crippen molar-refractivity contribution in [3.05, 3.63) is 47.5 Å². The van der Waals surface area contributed by atoms with E-state index in [2.05, 4.69) is 31.2 Å². The summed E-state index contributed by atoms with van der Waals surface area (Å²) in [4.78, 5) is 12.4. The Hall–Kier alpha value is -1.02. The lowest BCUT2D eigenvalue weighted by Crippen LogP contribution is -2.14. The first-order chi connectivity index (χ1) is 14.9. The molecular formula is C22H31O6PS2. The van der Waals surface area contributed by atoms with E-state index < -0.39 is 7.82 Å². The molecule has 0 saturated heterocycles. The van der Waals surface area contributed by atoms with Crippen LogP contribution in [-0.4, -0.2) is 43.9 Å². The van der Waals surface area contributed by atoms with Crippen LogP contribution >= 0.6 is 29.4 Å². The number of esters is 1. The van der Waals surface area contributed by atoms with E-state index in [0.717, 1.165) is 10.9 Å². The number of ether oxygens (including phenoxy) is 1. The molecule has 172 valence electrons. The molecule has 0 fully saturated rings. The van der Waals surface area contributed by atoms with E-state index in [9.17, 15) is 9.36 Å². The zero-order chi connectivity index (χ0) is 22.7. The van der Waals surface area contributed by atoms with Crippen molar-refractivity contribution in [2.45, 2.75) is 33.6 Å². The van der Waals surface area contributed by atoms with Crippen LogP contribution in [-0.2, 0) is 27.7 Å². The molecule has 0 bridgehead atoms. The van der Waals surface area contributed by atoms with Gasteiger partial charge in [0.15, 0.2) is 0 Å². The minimum atomic E-state index is -3.44. The second kappa shape index (κ2) is 13.5. The van der Waals surface area contributed by atoms with Crippen molar-refractivity contribution in [3.63, 3.8) is 0 Å². The number of rotatable bonds is 14. The first kappa shape index (κ1) is 26.2. The molecule has 0 radical (unpaired) electrons. The molecule has 9 heteroatoms. The van der Waals surface area contributed by atoms with Crippen molar-refractivity contribution in [2.75, 3.05) is 37.9 Å². The summed E-state index contributed by atoms with van der Waals surface area (Å²) in [6, 6.07) is 12.4. The van der Waals surface area contributed by atoms with Gasteiger partial charge in [-0.1, -0.05) is 63.5 Å². The molecule has 0 aliphatic heterocycles. The highest BCUT2D eigenvalue weighted by Gasteiger charge is 2.24. The van der Waals surface area contributed by atoms with E-state index in [1.807, 2.05) is 19.1 Å². The molecule has 0 saturated carbocycles. The molecule has 0 aliphatic carbocycles. The first-order valence-corrected chi connectivity index (χ1v) is 14.3. The van der Waals surface area contributed by atoms with Crippen molar-refractivity contribution in [1.82, 2.24) is 0 Å². The highest BCUT2D eigenvalue weighted by molar-refractivity contribution is 8.76. The minimum absolute atomic E-state index is 0.227. The van der Waals surface area contributed by atoms with Gasteiger partial charge in [-0.15, -0.1) is 0 Å². The number of fused-ring (bicyclic) bond motifs is 1. The number of phosphoric acid groups is 1.